The van der Waals surface area contributed by atoms with Gasteiger partial charge in [-0.2, -0.15) is 0 Å². The molecule has 0 saturated carbocycles. The van der Waals surface area contributed by atoms with Crippen molar-refractivity contribution in [1.29, 1.82) is 0 Å². The van der Waals surface area contributed by atoms with Gasteiger partial charge in [0.15, 0.2) is 11.4 Å². The number of aromatic nitrogens is 3. The smallest absolute Gasteiger partial charge is 0.290 e. The molecule has 7 heteroatoms. The van der Waals surface area contributed by atoms with Gasteiger partial charge in [-0.15, -0.1) is 0 Å². The number of likely N-dealkylation sites (tertiary alicyclic amines) is 1. The molecule has 0 aliphatic carbocycles. The lowest BCUT2D eigenvalue weighted by Gasteiger charge is -2.22. The van der Waals surface area contributed by atoms with Gasteiger partial charge in [0, 0.05) is 24.4 Å². The van der Waals surface area contributed by atoms with Crippen LogP contribution in [-0.2, 0) is 0 Å². The molecular formula is C16H16N4O3. The van der Waals surface area contributed by atoms with E-state index in [-0.39, 0.29) is 17.5 Å². The van der Waals surface area contributed by atoms with Gasteiger partial charge in [0.25, 0.3) is 11.5 Å². The molecule has 3 aromatic rings. The lowest BCUT2D eigenvalue weighted by Crippen LogP contribution is -2.30. The van der Waals surface area contributed by atoms with E-state index in [1.807, 2.05) is 6.07 Å². The number of amides is 1. The van der Waals surface area contributed by atoms with Crippen LogP contribution in [0.25, 0.3) is 5.65 Å². The summed E-state index contributed by atoms with van der Waals surface area (Å²) in [5.74, 6) is 0.201. The van der Waals surface area contributed by atoms with Crippen LogP contribution in [0.4, 0.5) is 0 Å². The summed E-state index contributed by atoms with van der Waals surface area (Å²) in [7, 11) is 0. The van der Waals surface area contributed by atoms with Crippen LogP contribution in [-0.4, -0.2) is 31.9 Å². The molecule has 4 rings (SSSR count). The zero-order valence-electron chi connectivity index (χ0n) is 12.7. The number of carbonyl (C=O) groups excluding carboxylic acids is 1. The normalized spacial score (nSPS) is 18.0. The number of aryl methyl sites for hydroxylation is 1. The largest absolute Gasteiger partial charge is 0.459 e. The van der Waals surface area contributed by atoms with Crippen molar-refractivity contribution in [1.82, 2.24) is 19.5 Å². The van der Waals surface area contributed by atoms with E-state index in [9.17, 15) is 9.59 Å². The average molecular weight is 312 g/mol. The molecule has 7 nitrogen and oxygen atoms in total. The second-order valence-corrected chi connectivity index (χ2v) is 5.77. The predicted molar refractivity (Wildman–Crippen MR) is 82.3 cm³/mol. The molecule has 0 bridgehead atoms. The van der Waals surface area contributed by atoms with Crippen LogP contribution in [0, 0.1) is 6.92 Å². The minimum atomic E-state index is -0.152. The Morgan fingerprint density at radius 3 is 3.09 bits per heavy atom. The van der Waals surface area contributed by atoms with E-state index < -0.39 is 0 Å². The van der Waals surface area contributed by atoms with Crippen molar-refractivity contribution < 1.29 is 9.21 Å². The van der Waals surface area contributed by atoms with Crippen molar-refractivity contribution in [2.75, 3.05) is 6.54 Å². The van der Waals surface area contributed by atoms with Crippen molar-refractivity contribution in [3.63, 3.8) is 0 Å². The van der Waals surface area contributed by atoms with E-state index in [0.717, 1.165) is 18.5 Å². The Morgan fingerprint density at radius 1 is 1.43 bits per heavy atom. The highest BCUT2D eigenvalue weighted by Crippen LogP contribution is 2.32. The maximum absolute atomic E-state index is 12.6. The Labute approximate surface area is 131 Å². The Bertz CT molecular complexity index is 923. The standard InChI is InChI=1S/C16H16N4O3/c1-10-8-15(21)20-14(17-10)9-11(18-20)12-4-2-6-19(12)16(22)13-5-3-7-23-13/h3,5,7-9,12,18H,2,4,6H2,1H3. The van der Waals surface area contributed by atoms with Gasteiger partial charge in [0.1, 0.15) is 0 Å². The van der Waals surface area contributed by atoms with E-state index >= 15 is 0 Å². The van der Waals surface area contributed by atoms with Gasteiger partial charge in [0.2, 0.25) is 0 Å². The summed E-state index contributed by atoms with van der Waals surface area (Å²) in [4.78, 5) is 30.7. The molecule has 1 fully saturated rings. The molecule has 0 radical (unpaired) electrons. The van der Waals surface area contributed by atoms with Crippen LogP contribution in [0.2, 0.25) is 0 Å². The van der Waals surface area contributed by atoms with E-state index in [4.69, 9.17) is 4.42 Å². The molecular weight excluding hydrogens is 296 g/mol. The number of hydrogen-bond acceptors (Lipinski definition) is 4. The first kappa shape index (κ1) is 13.8. The molecule has 23 heavy (non-hydrogen) atoms. The van der Waals surface area contributed by atoms with E-state index in [1.165, 1.54) is 16.8 Å². The summed E-state index contributed by atoms with van der Waals surface area (Å²) in [6.07, 6.45) is 3.24. The summed E-state index contributed by atoms with van der Waals surface area (Å²) in [6, 6.07) is 6.58. The van der Waals surface area contributed by atoms with Crippen molar-refractivity contribution >= 4 is 11.6 Å². The molecule has 1 amide bonds. The molecule has 0 spiro atoms. The van der Waals surface area contributed by atoms with E-state index in [1.54, 1.807) is 24.0 Å². The van der Waals surface area contributed by atoms with Gasteiger partial charge in [-0.1, -0.05) is 0 Å². The molecule has 118 valence electrons. The summed E-state index contributed by atoms with van der Waals surface area (Å²) >= 11 is 0. The average Bonchev–Trinajstić information content (AvgIpc) is 3.25. The first-order chi connectivity index (χ1) is 11.1. The number of H-pyrrole nitrogens is 1. The fourth-order valence-electron chi connectivity index (χ4n) is 3.17. The van der Waals surface area contributed by atoms with Crippen LogP contribution in [0.5, 0.6) is 0 Å². The molecule has 0 aromatic carbocycles. The number of nitrogens with zero attached hydrogens (tertiary/aromatic N) is 3. The van der Waals surface area contributed by atoms with Gasteiger partial charge in [-0.05, 0) is 31.9 Å². The van der Waals surface area contributed by atoms with Crippen molar-refractivity contribution in [3.8, 4) is 0 Å². The van der Waals surface area contributed by atoms with Crippen molar-refractivity contribution in [2.45, 2.75) is 25.8 Å². The monoisotopic (exact) mass is 312 g/mol. The Balaban J connectivity index is 1.73. The minimum Gasteiger partial charge on any atom is -0.459 e. The zero-order valence-corrected chi connectivity index (χ0v) is 12.7. The third-order valence-corrected chi connectivity index (χ3v) is 4.20. The van der Waals surface area contributed by atoms with E-state index in [2.05, 4.69) is 10.1 Å². The summed E-state index contributed by atoms with van der Waals surface area (Å²) in [5, 5.41) is 3.08. The van der Waals surface area contributed by atoms with Crippen LogP contribution < -0.4 is 5.56 Å². The van der Waals surface area contributed by atoms with Gasteiger partial charge in [0.05, 0.1) is 18.0 Å². The topological polar surface area (TPSA) is 83.6 Å². The number of aromatic amines is 1. The molecule has 1 N–H and O–H groups in total. The third-order valence-electron chi connectivity index (χ3n) is 4.20. The van der Waals surface area contributed by atoms with Crippen LogP contribution in [0.15, 0.2) is 39.7 Å². The predicted octanol–water partition coefficient (Wildman–Crippen LogP) is 1.90. The van der Waals surface area contributed by atoms with Crippen molar-refractivity contribution in [3.05, 3.63) is 58.0 Å². The number of hydrogen-bond donors (Lipinski definition) is 1. The first-order valence-electron chi connectivity index (χ1n) is 7.57. The van der Waals surface area contributed by atoms with Crippen LogP contribution >= 0.6 is 0 Å². The molecule has 1 atom stereocenters. The Morgan fingerprint density at radius 2 is 2.30 bits per heavy atom. The highest BCUT2D eigenvalue weighted by Gasteiger charge is 2.33. The quantitative estimate of drug-likeness (QED) is 0.783. The third kappa shape index (κ3) is 2.25. The first-order valence-corrected chi connectivity index (χ1v) is 7.57. The molecule has 1 aliphatic rings. The fraction of sp³-hybridized carbons (Fsp3) is 0.312. The number of fused-ring (bicyclic) bond motifs is 1. The minimum absolute atomic E-state index is 0.103. The molecule has 3 aromatic heterocycles. The Hall–Kier alpha value is -2.83. The zero-order chi connectivity index (χ0) is 16.0. The van der Waals surface area contributed by atoms with Gasteiger partial charge in [-0.25, -0.2) is 9.50 Å². The van der Waals surface area contributed by atoms with Gasteiger partial charge in [-0.3, -0.25) is 14.7 Å². The maximum atomic E-state index is 12.6. The maximum Gasteiger partial charge on any atom is 0.290 e. The van der Waals surface area contributed by atoms with E-state index in [0.29, 0.717) is 23.6 Å². The SMILES string of the molecule is Cc1cc(=O)n2[nH]c(C3CCCN3C(=O)c3ccco3)cc2n1. The number of furan rings is 1. The molecule has 1 saturated heterocycles. The number of rotatable bonds is 2. The summed E-state index contributed by atoms with van der Waals surface area (Å²) < 4.78 is 6.63. The van der Waals surface area contributed by atoms with Crippen molar-refractivity contribution in [2.24, 2.45) is 0 Å². The van der Waals surface area contributed by atoms with Crippen LogP contribution in [0.1, 0.15) is 40.8 Å². The van der Waals surface area contributed by atoms with Gasteiger partial charge >= 0.3 is 0 Å². The second-order valence-electron chi connectivity index (χ2n) is 5.77. The lowest BCUT2D eigenvalue weighted by molar-refractivity contribution is 0.0700. The number of carbonyl (C=O) groups is 1. The highest BCUT2D eigenvalue weighted by atomic mass is 16.3. The lowest BCUT2D eigenvalue weighted by atomic mass is 10.1. The Kier molecular flexibility index (Phi) is 3.07. The fourth-order valence-corrected chi connectivity index (χ4v) is 3.17. The molecule has 4 heterocycles. The highest BCUT2D eigenvalue weighted by molar-refractivity contribution is 5.91. The number of nitrogens with one attached hydrogen (secondary N) is 1. The molecule has 1 unspecified atom stereocenters. The summed E-state index contributed by atoms with van der Waals surface area (Å²) in [6.45, 7) is 2.46. The summed E-state index contributed by atoms with van der Waals surface area (Å²) in [5.41, 5.74) is 1.91. The second kappa shape index (κ2) is 5.12. The van der Waals surface area contributed by atoms with Gasteiger partial charge < -0.3 is 9.32 Å². The molecule has 1 aliphatic heterocycles. The van der Waals surface area contributed by atoms with Crippen LogP contribution in [0.3, 0.4) is 0 Å².